The summed E-state index contributed by atoms with van der Waals surface area (Å²) in [7, 11) is 0. The lowest BCUT2D eigenvalue weighted by Gasteiger charge is -2.26. The molecular formula is C10H9BrClNO2. The molecule has 1 aromatic carbocycles. The molecule has 15 heavy (non-hydrogen) atoms. The van der Waals surface area contributed by atoms with E-state index in [1.165, 1.54) is 0 Å². The Kier molecular flexibility index (Phi) is 3.17. The molecular weight excluding hydrogens is 281 g/mol. The van der Waals surface area contributed by atoms with Crippen LogP contribution in [0.5, 0.6) is 0 Å². The smallest absolute Gasteiger partial charge is 0.414 e. The van der Waals surface area contributed by atoms with Crippen LogP contribution in [-0.2, 0) is 4.74 Å². The predicted molar refractivity (Wildman–Crippen MR) is 62.5 cm³/mol. The number of nitrogens with zero attached hydrogens (tertiary/aromatic N) is 1. The Morgan fingerprint density at radius 2 is 2.27 bits per heavy atom. The first-order valence-electron chi connectivity index (χ1n) is 4.58. The van der Waals surface area contributed by atoms with Crippen LogP contribution in [0.4, 0.5) is 10.5 Å². The van der Waals surface area contributed by atoms with Crippen molar-refractivity contribution in [2.45, 2.75) is 6.42 Å². The zero-order valence-corrected chi connectivity index (χ0v) is 10.2. The molecule has 0 radical (unpaired) electrons. The summed E-state index contributed by atoms with van der Waals surface area (Å²) in [4.78, 5) is 13.0. The highest BCUT2D eigenvalue weighted by atomic mass is 79.9. The van der Waals surface area contributed by atoms with Crippen LogP contribution in [0.1, 0.15) is 6.42 Å². The molecule has 80 valence electrons. The highest BCUT2D eigenvalue weighted by Crippen LogP contribution is 2.28. The fourth-order valence-electron chi connectivity index (χ4n) is 1.44. The van der Waals surface area contributed by atoms with Crippen molar-refractivity contribution in [2.24, 2.45) is 0 Å². The van der Waals surface area contributed by atoms with E-state index in [0.29, 0.717) is 18.2 Å². The highest BCUT2D eigenvalue weighted by molar-refractivity contribution is 9.10. The Morgan fingerprint density at radius 1 is 1.47 bits per heavy atom. The SMILES string of the molecule is O=C1OCCCN1c1ccc(Cl)c(Br)c1. The highest BCUT2D eigenvalue weighted by Gasteiger charge is 2.21. The van der Waals surface area contributed by atoms with Gasteiger partial charge in [0.15, 0.2) is 0 Å². The van der Waals surface area contributed by atoms with E-state index in [1.54, 1.807) is 17.0 Å². The molecule has 1 aliphatic rings. The fourth-order valence-corrected chi connectivity index (χ4v) is 1.92. The first kappa shape index (κ1) is 10.8. The van der Waals surface area contributed by atoms with Crippen LogP contribution < -0.4 is 4.90 Å². The van der Waals surface area contributed by atoms with E-state index in [2.05, 4.69) is 15.9 Å². The van der Waals surface area contributed by atoms with Gasteiger partial charge in [-0.25, -0.2) is 4.79 Å². The van der Waals surface area contributed by atoms with Crippen LogP contribution in [0.25, 0.3) is 0 Å². The minimum atomic E-state index is -0.296. The van der Waals surface area contributed by atoms with E-state index in [9.17, 15) is 4.79 Å². The lowest BCUT2D eigenvalue weighted by atomic mass is 10.2. The zero-order valence-electron chi connectivity index (χ0n) is 7.87. The number of carbonyl (C=O) groups is 1. The summed E-state index contributed by atoms with van der Waals surface area (Å²) < 4.78 is 5.73. The number of anilines is 1. The van der Waals surface area contributed by atoms with E-state index in [4.69, 9.17) is 16.3 Å². The standard InChI is InChI=1S/C10H9BrClNO2/c11-8-6-7(2-3-9(8)12)13-4-1-5-15-10(13)14/h2-3,6H,1,4-5H2. The van der Waals surface area contributed by atoms with Crippen molar-refractivity contribution in [3.05, 3.63) is 27.7 Å². The van der Waals surface area contributed by atoms with Gasteiger partial charge in [-0.3, -0.25) is 4.90 Å². The van der Waals surface area contributed by atoms with Crippen molar-refractivity contribution in [1.29, 1.82) is 0 Å². The molecule has 2 rings (SSSR count). The second-order valence-corrected chi connectivity index (χ2v) is 4.48. The molecule has 0 aliphatic carbocycles. The number of carbonyl (C=O) groups excluding carboxylic acids is 1. The fraction of sp³-hybridized carbons (Fsp3) is 0.300. The maximum atomic E-state index is 11.4. The van der Waals surface area contributed by atoms with Crippen LogP contribution in [0.3, 0.4) is 0 Å². The summed E-state index contributed by atoms with van der Waals surface area (Å²) in [5.74, 6) is 0. The Labute approximate surface area is 101 Å². The van der Waals surface area contributed by atoms with Gasteiger partial charge in [-0.1, -0.05) is 11.6 Å². The van der Waals surface area contributed by atoms with Crippen LogP contribution >= 0.6 is 27.5 Å². The van der Waals surface area contributed by atoms with Gasteiger partial charge in [0, 0.05) is 16.7 Å². The molecule has 1 fully saturated rings. The maximum absolute atomic E-state index is 11.4. The van der Waals surface area contributed by atoms with Crippen LogP contribution in [0.15, 0.2) is 22.7 Å². The van der Waals surface area contributed by atoms with Crippen molar-refractivity contribution >= 4 is 39.3 Å². The minimum absolute atomic E-state index is 0.296. The van der Waals surface area contributed by atoms with E-state index in [-0.39, 0.29) is 6.09 Å². The Hall–Kier alpha value is -0.740. The number of ether oxygens (including phenoxy) is 1. The van der Waals surface area contributed by atoms with Crippen molar-refractivity contribution in [3.63, 3.8) is 0 Å². The summed E-state index contributed by atoms with van der Waals surface area (Å²) in [5.41, 5.74) is 0.802. The number of cyclic esters (lactones) is 1. The number of hydrogen-bond acceptors (Lipinski definition) is 2. The number of rotatable bonds is 1. The second kappa shape index (κ2) is 4.41. The third-order valence-corrected chi connectivity index (χ3v) is 3.40. The lowest BCUT2D eigenvalue weighted by Crippen LogP contribution is -2.37. The van der Waals surface area contributed by atoms with E-state index in [0.717, 1.165) is 16.6 Å². The van der Waals surface area contributed by atoms with Gasteiger partial charge in [0.05, 0.1) is 11.6 Å². The van der Waals surface area contributed by atoms with Crippen LogP contribution in [-0.4, -0.2) is 19.2 Å². The van der Waals surface area contributed by atoms with Crippen molar-refractivity contribution in [3.8, 4) is 0 Å². The maximum Gasteiger partial charge on any atom is 0.414 e. The van der Waals surface area contributed by atoms with Crippen molar-refractivity contribution in [2.75, 3.05) is 18.1 Å². The predicted octanol–water partition coefficient (Wildman–Crippen LogP) is 3.45. The van der Waals surface area contributed by atoms with E-state index in [1.807, 2.05) is 6.07 Å². The van der Waals surface area contributed by atoms with Gasteiger partial charge in [-0.2, -0.15) is 0 Å². The van der Waals surface area contributed by atoms with Crippen molar-refractivity contribution < 1.29 is 9.53 Å². The Morgan fingerprint density at radius 3 is 2.93 bits per heavy atom. The molecule has 1 aromatic rings. The van der Waals surface area contributed by atoms with Gasteiger partial charge in [0.2, 0.25) is 0 Å². The summed E-state index contributed by atoms with van der Waals surface area (Å²) >= 11 is 9.20. The first-order valence-corrected chi connectivity index (χ1v) is 5.75. The molecule has 0 saturated carbocycles. The summed E-state index contributed by atoms with van der Waals surface area (Å²) in [6, 6.07) is 5.37. The Bertz CT molecular complexity index is 397. The van der Waals surface area contributed by atoms with E-state index < -0.39 is 0 Å². The molecule has 0 aromatic heterocycles. The molecule has 5 heteroatoms. The average molecular weight is 291 g/mol. The molecule has 1 heterocycles. The molecule has 0 bridgehead atoms. The summed E-state index contributed by atoms with van der Waals surface area (Å²) in [6.45, 7) is 1.19. The normalized spacial score (nSPS) is 16.4. The summed E-state index contributed by atoms with van der Waals surface area (Å²) in [6.07, 6.45) is 0.557. The van der Waals surface area contributed by atoms with Crippen LogP contribution in [0, 0.1) is 0 Å². The minimum Gasteiger partial charge on any atom is -0.449 e. The first-order chi connectivity index (χ1) is 7.18. The monoisotopic (exact) mass is 289 g/mol. The van der Waals surface area contributed by atoms with Gasteiger partial charge in [-0.15, -0.1) is 0 Å². The third-order valence-electron chi connectivity index (χ3n) is 2.19. The molecule has 0 atom stereocenters. The van der Waals surface area contributed by atoms with Gasteiger partial charge in [0.25, 0.3) is 0 Å². The average Bonchev–Trinajstić information content (AvgIpc) is 2.23. The molecule has 0 unspecified atom stereocenters. The largest absolute Gasteiger partial charge is 0.449 e. The topological polar surface area (TPSA) is 29.5 Å². The molecule has 0 N–H and O–H groups in total. The van der Waals surface area contributed by atoms with Gasteiger partial charge in [0.1, 0.15) is 0 Å². The number of amides is 1. The van der Waals surface area contributed by atoms with E-state index >= 15 is 0 Å². The molecule has 0 spiro atoms. The van der Waals surface area contributed by atoms with Crippen molar-refractivity contribution in [1.82, 2.24) is 0 Å². The third kappa shape index (κ3) is 2.26. The Balaban J connectivity index is 2.28. The van der Waals surface area contributed by atoms with Crippen LogP contribution in [0.2, 0.25) is 5.02 Å². The molecule has 1 saturated heterocycles. The second-order valence-electron chi connectivity index (χ2n) is 3.22. The van der Waals surface area contributed by atoms with Gasteiger partial charge < -0.3 is 4.74 Å². The molecule has 1 aliphatic heterocycles. The molecule has 1 amide bonds. The number of benzene rings is 1. The quantitative estimate of drug-likeness (QED) is 0.793. The molecule has 3 nitrogen and oxygen atoms in total. The van der Waals surface area contributed by atoms with Gasteiger partial charge in [-0.05, 0) is 40.5 Å². The summed E-state index contributed by atoms with van der Waals surface area (Å²) in [5, 5.41) is 0.629. The number of hydrogen-bond donors (Lipinski definition) is 0. The number of halogens is 2. The lowest BCUT2D eigenvalue weighted by molar-refractivity contribution is 0.140. The zero-order chi connectivity index (χ0) is 10.8. The van der Waals surface area contributed by atoms with Gasteiger partial charge >= 0.3 is 6.09 Å².